The van der Waals surface area contributed by atoms with Crippen molar-refractivity contribution in [3.63, 3.8) is 0 Å². The summed E-state index contributed by atoms with van der Waals surface area (Å²) in [5.74, 6) is 0.511. The summed E-state index contributed by atoms with van der Waals surface area (Å²) in [5, 5.41) is 0. The van der Waals surface area contributed by atoms with Gasteiger partial charge in [0.1, 0.15) is 11.4 Å². The molecule has 4 heterocycles. The van der Waals surface area contributed by atoms with Gasteiger partial charge in [0.05, 0.1) is 0 Å². The average Bonchev–Trinajstić information content (AvgIpc) is 3.42. The number of piperazine rings is 1. The van der Waals surface area contributed by atoms with Gasteiger partial charge in [0.25, 0.3) is 17.4 Å². The van der Waals surface area contributed by atoms with E-state index in [0.717, 1.165) is 31.8 Å². The van der Waals surface area contributed by atoms with Gasteiger partial charge in [-0.2, -0.15) is 4.98 Å². The number of carbonyl (C=O) groups excluding carboxylic acids is 2. The Morgan fingerprint density at radius 2 is 1.61 bits per heavy atom. The van der Waals surface area contributed by atoms with Crippen molar-refractivity contribution in [1.29, 1.82) is 0 Å². The van der Waals surface area contributed by atoms with Crippen molar-refractivity contribution < 1.29 is 9.59 Å². The van der Waals surface area contributed by atoms with Gasteiger partial charge >= 0.3 is 0 Å². The van der Waals surface area contributed by atoms with E-state index >= 15 is 0 Å². The zero-order valence-corrected chi connectivity index (χ0v) is 19.4. The Hall–Kier alpha value is -3.00. The molecule has 0 saturated carbocycles. The van der Waals surface area contributed by atoms with Crippen LogP contribution in [-0.4, -0.2) is 81.4 Å². The molecular formula is C25H31N5O3. The molecule has 1 aromatic heterocycles. The zero-order valence-electron chi connectivity index (χ0n) is 19.4. The molecule has 0 aliphatic carbocycles. The maximum Gasteiger partial charge on any atom is 0.285 e. The SMILES string of the molecule is CC(C)N1CCN(C(=O)c2cn3c(nc2=O)[C@@]2(CCN(C(=O)c4ccccc4)C2)CC3)CC1. The van der Waals surface area contributed by atoms with Gasteiger partial charge in [-0.05, 0) is 38.8 Å². The minimum Gasteiger partial charge on any atom is -0.338 e. The van der Waals surface area contributed by atoms with E-state index in [4.69, 9.17) is 0 Å². The van der Waals surface area contributed by atoms with Crippen LogP contribution in [-0.2, 0) is 12.0 Å². The number of aromatic nitrogens is 2. The van der Waals surface area contributed by atoms with Gasteiger partial charge in [0.2, 0.25) is 0 Å². The van der Waals surface area contributed by atoms with Crippen LogP contribution in [0.4, 0.5) is 0 Å². The summed E-state index contributed by atoms with van der Waals surface area (Å²) in [5.41, 5.74) is 0.0701. The highest BCUT2D eigenvalue weighted by atomic mass is 16.2. The predicted octanol–water partition coefficient (Wildman–Crippen LogP) is 1.60. The number of hydrogen-bond acceptors (Lipinski definition) is 5. The Morgan fingerprint density at radius 3 is 2.30 bits per heavy atom. The van der Waals surface area contributed by atoms with E-state index in [1.807, 2.05) is 39.8 Å². The van der Waals surface area contributed by atoms with E-state index in [0.29, 0.717) is 44.3 Å². The molecule has 1 atom stereocenters. The number of benzene rings is 1. The number of fused-ring (bicyclic) bond motifs is 2. The third-order valence-corrected chi connectivity index (χ3v) is 7.52. The Balaban J connectivity index is 1.34. The summed E-state index contributed by atoms with van der Waals surface area (Å²) >= 11 is 0. The second kappa shape index (κ2) is 8.41. The summed E-state index contributed by atoms with van der Waals surface area (Å²) in [6, 6.07) is 9.74. The van der Waals surface area contributed by atoms with Crippen LogP contribution in [0, 0.1) is 0 Å². The fourth-order valence-corrected chi connectivity index (χ4v) is 5.49. The number of nitrogens with zero attached hydrogens (tertiary/aromatic N) is 5. The Kier molecular flexibility index (Phi) is 5.56. The first-order chi connectivity index (χ1) is 15.9. The molecule has 174 valence electrons. The number of carbonyl (C=O) groups is 2. The van der Waals surface area contributed by atoms with E-state index in [1.165, 1.54) is 0 Å². The van der Waals surface area contributed by atoms with Crippen LogP contribution in [0.15, 0.2) is 41.3 Å². The molecule has 3 aliphatic rings. The lowest BCUT2D eigenvalue weighted by molar-refractivity contribution is 0.0592. The molecule has 0 N–H and O–H groups in total. The maximum atomic E-state index is 13.1. The van der Waals surface area contributed by atoms with Gasteiger partial charge in [-0.15, -0.1) is 0 Å². The summed E-state index contributed by atoms with van der Waals surface area (Å²) in [6.07, 6.45) is 3.31. The lowest BCUT2D eigenvalue weighted by Gasteiger charge is -2.36. The van der Waals surface area contributed by atoms with Crippen molar-refractivity contribution in [1.82, 2.24) is 24.3 Å². The van der Waals surface area contributed by atoms with Crippen molar-refractivity contribution in [2.45, 2.75) is 44.7 Å². The number of rotatable bonds is 3. The smallest absolute Gasteiger partial charge is 0.285 e. The van der Waals surface area contributed by atoms with Crippen LogP contribution in [0.2, 0.25) is 0 Å². The van der Waals surface area contributed by atoms with Crippen LogP contribution in [0.25, 0.3) is 0 Å². The van der Waals surface area contributed by atoms with E-state index in [1.54, 1.807) is 11.1 Å². The summed E-state index contributed by atoms with van der Waals surface area (Å²) in [7, 11) is 0. The zero-order chi connectivity index (χ0) is 23.2. The lowest BCUT2D eigenvalue weighted by Crippen LogP contribution is -2.51. The molecule has 3 aliphatic heterocycles. The molecule has 0 unspecified atom stereocenters. The molecule has 8 heteroatoms. The first-order valence-corrected chi connectivity index (χ1v) is 11.9. The van der Waals surface area contributed by atoms with Crippen LogP contribution < -0.4 is 5.56 Å². The summed E-state index contributed by atoms with van der Waals surface area (Å²) < 4.78 is 1.97. The van der Waals surface area contributed by atoms with E-state index < -0.39 is 5.56 Å². The molecule has 0 bridgehead atoms. The van der Waals surface area contributed by atoms with Crippen LogP contribution in [0.1, 0.15) is 53.2 Å². The normalized spacial score (nSPS) is 22.9. The highest BCUT2D eigenvalue weighted by molar-refractivity contribution is 5.94. The molecular weight excluding hydrogens is 418 g/mol. The van der Waals surface area contributed by atoms with E-state index in [-0.39, 0.29) is 22.8 Å². The highest BCUT2D eigenvalue weighted by Crippen LogP contribution is 2.41. The van der Waals surface area contributed by atoms with Gasteiger partial charge in [-0.1, -0.05) is 18.2 Å². The Labute approximate surface area is 193 Å². The third-order valence-electron chi connectivity index (χ3n) is 7.52. The Morgan fingerprint density at radius 1 is 0.909 bits per heavy atom. The molecule has 5 rings (SSSR count). The monoisotopic (exact) mass is 449 g/mol. The minimum absolute atomic E-state index is 0.0145. The molecule has 1 spiro atoms. The van der Waals surface area contributed by atoms with Crippen molar-refractivity contribution in [3.8, 4) is 0 Å². The Bertz CT molecular complexity index is 1120. The topological polar surface area (TPSA) is 78.8 Å². The summed E-state index contributed by atoms with van der Waals surface area (Å²) in [4.78, 5) is 49.4. The summed E-state index contributed by atoms with van der Waals surface area (Å²) in [6.45, 7) is 9.09. The molecule has 0 radical (unpaired) electrons. The molecule has 2 saturated heterocycles. The molecule has 2 aromatic rings. The van der Waals surface area contributed by atoms with Crippen molar-refractivity contribution in [3.05, 3.63) is 63.8 Å². The van der Waals surface area contributed by atoms with Crippen molar-refractivity contribution >= 4 is 11.8 Å². The maximum absolute atomic E-state index is 13.1. The van der Waals surface area contributed by atoms with Crippen molar-refractivity contribution in [2.24, 2.45) is 0 Å². The molecule has 1 aromatic carbocycles. The molecule has 2 amide bonds. The largest absolute Gasteiger partial charge is 0.338 e. The van der Waals surface area contributed by atoms with E-state index in [2.05, 4.69) is 23.7 Å². The molecule has 33 heavy (non-hydrogen) atoms. The quantitative estimate of drug-likeness (QED) is 0.711. The third kappa shape index (κ3) is 3.86. The van der Waals surface area contributed by atoms with Gasteiger partial charge in [0.15, 0.2) is 0 Å². The second-order valence-corrected chi connectivity index (χ2v) is 9.77. The average molecular weight is 450 g/mol. The van der Waals surface area contributed by atoms with E-state index in [9.17, 15) is 14.4 Å². The van der Waals surface area contributed by atoms with Gasteiger partial charge in [0, 0.05) is 69.0 Å². The fourth-order valence-electron chi connectivity index (χ4n) is 5.49. The number of hydrogen-bond donors (Lipinski definition) is 0. The van der Waals surface area contributed by atoms with Crippen molar-refractivity contribution in [2.75, 3.05) is 39.3 Å². The van der Waals surface area contributed by atoms with Gasteiger partial charge in [-0.3, -0.25) is 19.3 Å². The first-order valence-electron chi connectivity index (χ1n) is 11.9. The second-order valence-electron chi connectivity index (χ2n) is 9.77. The van der Waals surface area contributed by atoms with Crippen LogP contribution in [0.3, 0.4) is 0 Å². The number of aryl methyl sites for hydroxylation is 1. The molecule has 2 fully saturated rings. The van der Waals surface area contributed by atoms with Gasteiger partial charge in [-0.25, -0.2) is 0 Å². The molecule has 8 nitrogen and oxygen atoms in total. The predicted molar refractivity (Wildman–Crippen MR) is 124 cm³/mol. The number of amides is 2. The first kappa shape index (κ1) is 21.8. The highest BCUT2D eigenvalue weighted by Gasteiger charge is 2.47. The van der Waals surface area contributed by atoms with Gasteiger partial charge < -0.3 is 14.4 Å². The van der Waals surface area contributed by atoms with Crippen LogP contribution in [0.5, 0.6) is 0 Å². The lowest BCUT2D eigenvalue weighted by atomic mass is 9.85. The standard InChI is InChI=1S/C25H31N5O3/c1-18(2)27-12-14-28(15-13-27)23(33)20-16-29-10-8-25(24(29)26-21(20)31)9-11-30(17-25)22(32)19-6-4-3-5-7-19/h3-7,16,18H,8-15,17H2,1-2H3/t25-/m1/s1. The van der Waals surface area contributed by atoms with Crippen LogP contribution >= 0.6 is 0 Å². The fraction of sp³-hybridized carbons (Fsp3) is 0.520. The number of likely N-dealkylation sites (tertiary alicyclic amines) is 1. The minimum atomic E-state index is -0.452.